The summed E-state index contributed by atoms with van der Waals surface area (Å²) in [5.74, 6) is 0.368. The molecular weight excluding hydrogens is 218 g/mol. The first-order valence-corrected chi connectivity index (χ1v) is 6.30. The molecule has 0 spiro atoms. The van der Waals surface area contributed by atoms with Crippen LogP contribution in [0.2, 0.25) is 0 Å². The SMILES string of the molecule is C=C[C@H](C)[C@H](Nc1ccccc1)c1ccccc1. The Hall–Kier alpha value is -2.02. The van der Waals surface area contributed by atoms with Gasteiger partial charge < -0.3 is 5.32 Å². The molecule has 2 atom stereocenters. The highest BCUT2D eigenvalue weighted by Crippen LogP contribution is 2.27. The summed E-state index contributed by atoms with van der Waals surface area (Å²) in [5.41, 5.74) is 2.42. The normalized spacial score (nSPS) is 13.6. The fourth-order valence-electron chi connectivity index (χ4n) is 2.03. The second kappa shape index (κ2) is 6.06. The van der Waals surface area contributed by atoms with E-state index in [9.17, 15) is 0 Å². The third kappa shape index (κ3) is 3.01. The van der Waals surface area contributed by atoms with Gasteiger partial charge in [0.1, 0.15) is 0 Å². The molecule has 0 fully saturated rings. The molecule has 92 valence electrons. The van der Waals surface area contributed by atoms with Gasteiger partial charge in [0, 0.05) is 5.69 Å². The van der Waals surface area contributed by atoms with Crippen molar-refractivity contribution in [1.82, 2.24) is 0 Å². The first-order chi connectivity index (χ1) is 8.81. The van der Waals surface area contributed by atoms with E-state index in [1.54, 1.807) is 0 Å². The fourth-order valence-corrected chi connectivity index (χ4v) is 2.03. The molecule has 0 unspecified atom stereocenters. The maximum absolute atomic E-state index is 3.91. The van der Waals surface area contributed by atoms with E-state index in [0.29, 0.717) is 5.92 Å². The summed E-state index contributed by atoms with van der Waals surface area (Å²) in [6.07, 6.45) is 1.99. The monoisotopic (exact) mass is 237 g/mol. The van der Waals surface area contributed by atoms with Gasteiger partial charge in [-0.1, -0.05) is 61.5 Å². The van der Waals surface area contributed by atoms with Crippen LogP contribution in [0.1, 0.15) is 18.5 Å². The molecule has 1 heteroatoms. The topological polar surface area (TPSA) is 12.0 Å². The van der Waals surface area contributed by atoms with Gasteiger partial charge in [-0.15, -0.1) is 6.58 Å². The van der Waals surface area contributed by atoms with Gasteiger partial charge in [-0.25, -0.2) is 0 Å². The molecule has 0 aliphatic carbocycles. The van der Waals surface area contributed by atoms with Crippen molar-refractivity contribution in [3.05, 3.63) is 78.9 Å². The van der Waals surface area contributed by atoms with Crippen molar-refractivity contribution in [2.75, 3.05) is 5.32 Å². The van der Waals surface area contributed by atoms with Crippen molar-refractivity contribution in [3.8, 4) is 0 Å². The zero-order chi connectivity index (χ0) is 12.8. The van der Waals surface area contributed by atoms with Gasteiger partial charge in [-0.05, 0) is 23.6 Å². The van der Waals surface area contributed by atoms with Crippen LogP contribution in [0.5, 0.6) is 0 Å². The molecule has 0 saturated heterocycles. The predicted octanol–water partition coefficient (Wildman–Crippen LogP) is 4.66. The highest BCUT2D eigenvalue weighted by Gasteiger charge is 2.16. The second-order valence-corrected chi connectivity index (χ2v) is 4.49. The first kappa shape index (κ1) is 12.4. The number of nitrogens with one attached hydrogen (secondary N) is 1. The minimum Gasteiger partial charge on any atom is -0.378 e. The van der Waals surface area contributed by atoms with Crippen molar-refractivity contribution in [3.63, 3.8) is 0 Å². The van der Waals surface area contributed by atoms with Gasteiger partial charge in [0.05, 0.1) is 6.04 Å². The summed E-state index contributed by atoms with van der Waals surface area (Å²) in [6, 6.07) is 21.0. The summed E-state index contributed by atoms with van der Waals surface area (Å²) in [4.78, 5) is 0. The Morgan fingerprint density at radius 1 is 0.944 bits per heavy atom. The Labute approximate surface area is 109 Å². The van der Waals surface area contributed by atoms with E-state index >= 15 is 0 Å². The van der Waals surface area contributed by atoms with Gasteiger partial charge in [-0.2, -0.15) is 0 Å². The average molecular weight is 237 g/mol. The molecular formula is C17H19N. The van der Waals surface area contributed by atoms with Crippen molar-refractivity contribution in [2.24, 2.45) is 5.92 Å². The number of para-hydroxylation sites is 1. The standard InChI is InChI=1S/C17H19N/c1-3-14(2)17(15-10-6-4-7-11-15)18-16-12-8-5-9-13-16/h3-14,17-18H,1H2,2H3/t14-,17-/m0/s1. The van der Waals surface area contributed by atoms with Crippen LogP contribution < -0.4 is 5.32 Å². The van der Waals surface area contributed by atoms with Crippen molar-refractivity contribution in [1.29, 1.82) is 0 Å². The number of hydrogen-bond acceptors (Lipinski definition) is 1. The van der Waals surface area contributed by atoms with Crippen molar-refractivity contribution in [2.45, 2.75) is 13.0 Å². The maximum atomic E-state index is 3.91. The lowest BCUT2D eigenvalue weighted by Crippen LogP contribution is -2.17. The van der Waals surface area contributed by atoms with Crippen LogP contribution in [0.3, 0.4) is 0 Å². The summed E-state index contributed by atoms with van der Waals surface area (Å²) in [6.45, 7) is 6.09. The molecule has 0 bridgehead atoms. The van der Waals surface area contributed by atoms with Crippen molar-refractivity contribution >= 4 is 5.69 Å². The Morgan fingerprint density at radius 3 is 2.06 bits per heavy atom. The van der Waals surface area contributed by atoms with Crippen LogP contribution in [0.15, 0.2) is 73.3 Å². The minimum atomic E-state index is 0.256. The quantitative estimate of drug-likeness (QED) is 0.746. The third-order valence-corrected chi connectivity index (χ3v) is 3.15. The number of rotatable bonds is 5. The zero-order valence-electron chi connectivity index (χ0n) is 10.7. The summed E-state index contributed by atoms with van der Waals surface area (Å²) in [5, 5.41) is 3.57. The van der Waals surface area contributed by atoms with Gasteiger partial charge in [-0.3, -0.25) is 0 Å². The molecule has 2 aromatic rings. The number of hydrogen-bond donors (Lipinski definition) is 1. The predicted molar refractivity (Wildman–Crippen MR) is 78.6 cm³/mol. The van der Waals surface area contributed by atoms with E-state index < -0.39 is 0 Å². The summed E-state index contributed by atoms with van der Waals surface area (Å²) < 4.78 is 0. The fraction of sp³-hybridized carbons (Fsp3) is 0.176. The average Bonchev–Trinajstić information content (AvgIpc) is 2.46. The molecule has 0 aliphatic rings. The summed E-state index contributed by atoms with van der Waals surface area (Å²) in [7, 11) is 0. The summed E-state index contributed by atoms with van der Waals surface area (Å²) >= 11 is 0. The van der Waals surface area contributed by atoms with E-state index in [4.69, 9.17) is 0 Å². The Bertz CT molecular complexity index is 475. The third-order valence-electron chi connectivity index (χ3n) is 3.15. The highest BCUT2D eigenvalue weighted by atomic mass is 14.9. The van der Waals surface area contributed by atoms with E-state index in [-0.39, 0.29) is 6.04 Å². The maximum Gasteiger partial charge on any atom is 0.0573 e. The van der Waals surface area contributed by atoms with Crippen LogP contribution in [0, 0.1) is 5.92 Å². The molecule has 1 N–H and O–H groups in total. The Morgan fingerprint density at radius 2 is 1.50 bits per heavy atom. The smallest absolute Gasteiger partial charge is 0.0573 e. The van der Waals surface area contributed by atoms with Gasteiger partial charge in [0.15, 0.2) is 0 Å². The molecule has 0 heterocycles. The lowest BCUT2D eigenvalue weighted by Gasteiger charge is -2.24. The zero-order valence-corrected chi connectivity index (χ0v) is 10.7. The van der Waals surface area contributed by atoms with E-state index in [1.807, 2.05) is 30.3 Å². The molecule has 0 saturated carbocycles. The van der Waals surface area contributed by atoms with E-state index in [1.165, 1.54) is 5.56 Å². The molecule has 2 aromatic carbocycles. The highest BCUT2D eigenvalue weighted by molar-refractivity contribution is 5.45. The Balaban J connectivity index is 2.24. The van der Waals surface area contributed by atoms with Crippen LogP contribution in [0.4, 0.5) is 5.69 Å². The molecule has 0 aliphatic heterocycles. The van der Waals surface area contributed by atoms with E-state index in [2.05, 4.69) is 55.2 Å². The molecule has 0 radical (unpaired) electrons. The number of anilines is 1. The Kier molecular flexibility index (Phi) is 4.19. The molecule has 0 amide bonds. The van der Waals surface area contributed by atoms with E-state index in [0.717, 1.165) is 5.69 Å². The first-order valence-electron chi connectivity index (χ1n) is 6.30. The van der Waals surface area contributed by atoms with Crippen molar-refractivity contribution < 1.29 is 0 Å². The molecule has 0 aromatic heterocycles. The van der Waals surface area contributed by atoms with Gasteiger partial charge in [0.25, 0.3) is 0 Å². The van der Waals surface area contributed by atoms with Crippen LogP contribution in [0.25, 0.3) is 0 Å². The largest absolute Gasteiger partial charge is 0.378 e. The lowest BCUT2D eigenvalue weighted by atomic mass is 9.94. The van der Waals surface area contributed by atoms with Gasteiger partial charge >= 0.3 is 0 Å². The molecule has 18 heavy (non-hydrogen) atoms. The van der Waals surface area contributed by atoms with Gasteiger partial charge in [0.2, 0.25) is 0 Å². The van der Waals surface area contributed by atoms with Crippen LogP contribution in [-0.2, 0) is 0 Å². The second-order valence-electron chi connectivity index (χ2n) is 4.49. The number of benzene rings is 2. The minimum absolute atomic E-state index is 0.256. The molecule has 2 rings (SSSR count). The molecule has 1 nitrogen and oxygen atoms in total. The van der Waals surface area contributed by atoms with Crippen LogP contribution >= 0.6 is 0 Å². The van der Waals surface area contributed by atoms with Crippen LogP contribution in [-0.4, -0.2) is 0 Å². The lowest BCUT2D eigenvalue weighted by molar-refractivity contribution is 0.605.